The molecule has 0 aliphatic rings. The molecule has 0 spiro atoms. The minimum atomic E-state index is -1.18. The first kappa shape index (κ1) is 80.6. The van der Waals surface area contributed by atoms with Crippen LogP contribution in [0.2, 0.25) is 0 Å². The number of nitrogens with two attached hydrogens (primary N) is 7. The van der Waals surface area contributed by atoms with E-state index in [2.05, 4.69) is 5.32 Å². The summed E-state index contributed by atoms with van der Waals surface area (Å²) in [4.78, 5) is 80.3. The van der Waals surface area contributed by atoms with Crippen LogP contribution in [0.1, 0.15) is 93.1 Å². The summed E-state index contributed by atoms with van der Waals surface area (Å²) in [5.41, 5.74) is 36.4. The van der Waals surface area contributed by atoms with Gasteiger partial charge in [0.25, 0.3) is 0 Å². The van der Waals surface area contributed by atoms with Gasteiger partial charge in [0.2, 0.25) is 0 Å². The molecule has 28 heteroatoms. The van der Waals surface area contributed by atoms with Crippen LogP contribution in [0.5, 0.6) is 0 Å². The number of carboxylic acid groups (broad SMARTS) is 8. The topological polar surface area (TPSA) is 573 Å². The molecule has 1 aromatic rings. The highest BCUT2D eigenvalue weighted by atomic mass is 16.4. The van der Waals surface area contributed by atoms with E-state index in [1.807, 2.05) is 78.8 Å². The average molecular weight is 1050 g/mol. The summed E-state index contributed by atoms with van der Waals surface area (Å²) in [6, 6.07) is 2.47. The van der Waals surface area contributed by atoms with Crippen molar-refractivity contribution in [2.45, 2.75) is 148 Å². The summed E-state index contributed by atoms with van der Waals surface area (Å²) < 4.78 is 0. The number of aliphatic hydroxyl groups is 4. The smallest absolute Gasteiger partial charge is 0.323 e. The quantitative estimate of drug-likeness (QED) is 0.0503. The number of benzene rings is 1. The highest BCUT2D eigenvalue weighted by molar-refractivity contribution is 5.75. The monoisotopic (exact) mass is 1050 g/mol. The molecule has 0 heterocycles. The van der Waals surface area contributed by atoms with Crippen LogP contribution in [0, 0.1) is 17.8 Å². The Morgan fingerprint density at radius 3 is 0.931 bits per heavy atom. The zero-order valence-electron chi connectivity index (χ0n) is 42.6. The molecular weight excluding hydrogens is 961 g/mol. The average Bonchev–Trinajstić information content (AvgIpc) is 3.27. The fourth-order valence-corrected chi connectivity index (χ4v) is 3.90. The highest BCUT2D eigenvalue weighted by Gasteiger charge is 2.17. The Bertz CT molecular complexity index is 1500. The van der Waals surface area contributed by atoms with E-state index in [4.69, 9.17) is 101 Å². The van der Waals surface area contributed by atoms with Gasteiger partial charge in [-0.25, -0.2) is 0 Å². The van der Waals surface area contributed by atoms with Gasteiger partial charge >= 0.3 is 47.8 Å². The molecule has 9 atom stereocenters. The lowest BCUT2D eigenvalue weighted by Crippen LogP contribution is -2.39. The van der Waals surface area contributed by atoms with E-state index in [-0.39, 0.29) is 13.0 Å². The number of aliphatic hydroxyl groups excluding tert-OH is 4. The summed E-state index contributed by atoms with van der Waals surface area (Å²) in [6.07, 6.45) is 2.23. The molecule has 0 aliphatic heterocycles. The minimum Gasteiger partial charge on any atom is -0.480 e. The molecule has 72 heavy (non-hydrogen) atoms. The van der Waals surface area contributed by atoms with Crippen LogP contribution < -0.4 is 45.5 Å². The number of aliphatic carboxylic acids is 8. The van der Waals surface area contributed by atoms with E-state index < -0.39 is 115 Å². The van der Waals surface area contributed by atoms with Crippen molar-refractivity contribution in [1.29, 1.82) is 0 Å². The first-order chi connectivity index (χ1) is 32.9. The van der Waals surface area contributed by atoms with E-state index in [9.17, 15) is 38.4 Å². The van der Waals surface area contributed by atoms with Gasteiger partial charge in [0, 0.05) is 6.61 Å². The molecule has 1 aromatic carbocycles. The van der Waals surface area contributed by atoms with Gasteiger partial charge in [-0.05, 0) is 75.3 Å². The molecule has 0 aromatic heterocycles. The number of hydrogen-bond donors (Lipinski definition) is 20. The van der Waals surface area contributed by atoms with Crippen LogP contribution in [0.4, 0.5) is 0 Å². The lowest BCUT2D eigenvalue weighted by atomic mass is 10.1. The SMILES string of the molecule is CC(C)CC(N)C(=O)O.CC(C)CC(N)C(=O)O.CC(C)CC(N)C(=O)O.CC(O)C(N)C(=O)O.CCCNC(CCO)C(=O)O.NC(CO)C(=O)O.NC(CO)C(=O)O.NC(Cc1ccccc1)C(=O)O. The molecule has 0 fully saturated rings. The van der Waals surface area contributed by atoms with Crippen LogP contribution in [0.3, 0.4) is 0 Å². The summed E-state index contributed by atoms with van der Waals surface area (Å²) in [5, 5.41) is 102. The Hall–Kier alpha value is -5.50. The van der Waals surface area contributed by atoms with E-state index >= 15 is 0 Å². The number of nitrogens with one attached hydrogen (secondary N) is 1. The Kier molecular flexibility index (Phi) is 56.5. The summed E-state index contributed by atoms with van der Waals surface area (Å²) >= 11 is 0. The van der Waals surface area contributed by atoms with Crippen LogP contribution in [0.15, 0.2) is 30.3 Å². The Morgan fingerprint density at radius 2 is 0.778 bits per heavy atom. The van der Waals surface area contributed by atoms with Crippen LogP contribution in [0.25, 0.3) is 0 Å². The van der Waals surface area contributed by atoms with E-state index in [0.717, 1.165) is 12.0 Å². The van der Waals surface area contributed by atoms with Gasteiger partial charge in [-0.15, -0.1) is 0 Å². The Balaban J connectivity index is -0.000000135. The van der Waals surface area contributed by atoms with Gasteiger partial charge in [-0.1, -0.05) is 78.8 Å². The van der Waals surface area contributed by atoms with Gasteiger partial charge in [0.05, 0.1) is 19.3 Å². The summed E-state index contributed by atoms with van der Waals surface area (Å²) in [5.74, 6) is -7.06. The highest BCUT2D eigenvalue weighted by Crippen LogP contribution is 2.04. The van der Waals surface area contributed by atoms with Crippen molar-refractivity contribution in [2.24, 2.45) is 57.9 Å². The van der Waals surface area contributed by atoms with Gasteiger partial charge in [-0.2, -0.15) is 0 Å². The first-order valence-corrected chi connectivity index (χ1v) is 22.3. The second-order valence-electron chi connectivity index (χ2n) is 16.6. The normalized spacial score (nSPS) is 13.8. The molecule has 1 rings (SSSR count). The molecule has 0 bridgehead atoms. The van der Waals surface area contributed by atoms with Crippen molar-refractivity contribution in [3.05, 3.63) is 35.9 Å². The molecule has 0 aliphatic carbocycles. The zero-order valence-corrected chi connectivity index (χ0v) is 42.6. The van der Waals surface area contributed by atoms with Crippen molar-refractivity contribution in [3.8, 4) is 0 Å². The van der Waals surface area contributed by atoms with Crippen LogP contribution in [-0.4, -0.2) is 190 Å². The van der Waals surface area contributed by atoms with Crippen molar-refractivity contribution in [1.82, 2.24) is 5.32 Å². The van der Waals surface area contributed by atoms with Crippen LogP contribution in [-0.2, 0) is 44.8 Å². The predicted octanol–water partition coefficient (Wildman–Crippen LogP) is -2.64. The lowest BCUT2D eigenvalue weighted by Gasteiger charge is -2.11. The van der Waals surface area contributed by atoms with E-state index in [1.54, 1.807) is 0 Å². The number of hydrogen-bond acceptors (Lipinski definition) is 20. The van der Waals surface area contributed by atoms with Gasteiger partial charge < -0.3 is 107 Å². The maximum atomic E-state index is 10.4. The minimum absolute atomic E-state index is 0.0896. The third kappa shape index (κ3) is 60.6. The number of rotatable bonds is 24. The molecule has 0 saturated heterocycles. The Morgan fingerprint density at radius 1 is 0.472 bits per heavy atom. The van der Waals surface area contributed by atoms with E-state index in [0.29, 0.717) is 50.0 Å². The molecule has 0 saturated carbocycles. The zero-order chi connectivity index (χ0) is 58.4. The van der Waals surface area contributed by atoms with E-state index in [1.165, 1.54) is 6.92 Å². The number of carbonyl (C=O) groups is 8. The molecule has 0 amide bonds. The second kappa shape index (κ2) is 50.4. The van der Waals surface area contributed by atoms with Gasteiger partial charge in [0.15, 0.2) is 0 Å². The summed E-state index contributed by atoms with van der Waals surface area (Å²) in [6.45, 7) is 14.6. The van der Waals surface area contributed by atoms with Crippen molar-refractivity contribution in [3.63, 3.8) is 0 Å². The lowest BCUT2D eigenvalue weighted by molar-refractivity contribution is -0.141. The predicted molar refractivity (Wildman–Crippen MR) is 265 cm³/mol. The molecule has 27 N–H and O–H groups in total. The third-order valence-electron chi connectivity index (χ3n) is 7.93. The van der Waals surface area contributed by atoms with Gasteiger partial charge in [-0.3, -0.25) is 38.4 Å². The fraction of sp³-hybridized carbons (Fsp3) is 0.682. The largest absolute Gasteiger partial charge is 0.480 e. The maximum Gasteiger partial charge on any atom is 0.323 e. The first-order valence-electron chi connectivity index (χ1n) is 22.3. The van der Waals surface area contributed by atoms with Crippen LogP contribution >= 0.6 is 0 Å². The molecule has 9 unspecified atom stereocenters. The number of carboxylic acids is 8. The summed E-state index contributed by atoms with van der Waals surface area (Å²) in [7, 11) is 0. The van der Waals surface area contributed by atoms with Gasteiger partial charge in [0.1, 0.15) is 48.3 Å². The molecule has 0 radical (unpaired) electrons. The third-order valence-corrected chi connectivity index (χ3v) is 7.93. The maximum absolute atomic E-state index is 10.4. The molecular formula is C44H88N8O20. The van der Waals surface area contributed by atoms with Crippen molar-refractivity contribution < 1.29 is 99.6 Å². The molecule has 28 nitrogen and oxygen atoms in total. The molecule has 424 valence electrons. The van der Waals surface area contributed by atoms with Crippen molar-refractivity contribution in [2.75, 3.05) is 26.4 Å². The second-order valence-corrected chi connectivity index (χ2v) is 16.6. The van der Waals surface area contributed by atoms with Crippen molar-refractivity contribution >= 4 is 47.8 Å². The Labute approximate surface area is 420 Å². The standard InChI is InChI=1S/C9H11NO2.C7H15NO3.3C6H13NO2.C4H9NO3.2C3H7NO3/c10-8(9(11)12)6-7-4-2-1-3-5-7;1-2-4-8-6(3-5-9)7(10)11;3*1-4(2)3-5(7)6(8)9;1-2(6)3(5)4(7)8;2*4-2(1-5)3(6)7/h1-5,8H,6,10H2,(H,11,12);6,8-9H,2-5H2,1H3,(H,10,11);3*4-5H,3,7H2,1-2H3,(H,8,9);2-3,6H,5H2,1H3,(H,7,8);2*2,5H,1,4H2,(H,6,7). The fourth-order valence-electron chi connectivity index (χ4n) is 3.90.